The van der Waals surface area contributed by atoms with Gasteiger partial charge in [-0.2, -0.15) is 0 Å². The fourth-order valence-electron chi connectivity index (χ4n) is 2.70. The molecule has 0 spiro atoms. The average Bonchev–Trinajstić information content (AvgIpc) is 3.08. The minimum atomic E-state index is -3.67. The maximum absolute atomic E-state index is 9.67. The molecule has 0 aromatic rings. The molecule has 0 amide bonds. The van der Waals surface area contributed by atoms with E-state index in [1.807, 2.05) is 13.8 Å². The topological polar surface area (TPSA) is 71.5 Å². The second kappa shape index (κ2) is 24.4. The first-order chi connectivity index (χ1) is 13.9. The molecule has 3 fully saturated rings. The minimum absolute atomic E-state index is 0. The van der Waals surface area contributed by atoms with Gasteiger partial charge in [-0.25, -0.2) is 0 Å². The van der Waals surface area contributed by atoms with Crippen molar-refractivity contribution in [2.75, 3.05) is 26.4 Å². The Hall–Kier alpha value is -0.865. The van der Waals surface area contributed by atoms with Crippen LogP contribution in [0.3, 0.4) is 0 Å². The molecule has 5 nitrogen and oxygen atoms in total. The molecule has 0 bridgehead atoms. The van der Waals surface area contributed by atoms with Crippen molar-refractivity contribution in [1.82, 2.24) is 0 Å². The van der Waals surface area contributed by atoms with Crippen molar-refractivity contribution in [3.8, 4) is 0 Å². The number of aliphatic hydroxyl groups excluding tert-OH is 2. The molecular formula is C21H42BF3O5. The molecule has 0 radical (unpaired) electrons. The van der Waals surface area contributed by atoms with Crippen LogP contribution < -0.4 is 0 Å². The Bertz CT molecular complexity index is 366. The molecule has 0 aromatic carbocycles. The Morgan fingerprint density at radius 3 is 1.67 bits per heavy atom. The zero-order chi connectivity index (χ0) is 22.5. The molecule has 1 saturated heterocycles. The predicted molar refractivity (Wildman–Crippen MR) is 118 cm³/mol. The molecule has 3 rings (SSSR count). The quantitative estimate of drug-likeness (QED) is 0.353. The van der Waals surface area contributed by atoms with Crippen LogP contribution in [0.25, 0.3) is 0 Å². The van der Waals surface area contributed by atoms with Crippen LogP contribution in [0.2, 0.25) is 0 Å². The summed E-state index contributed by atoms with van der Waals surface area (Å²) < 4.78 is 44.3. The molecular weight excluding hydrogens is 400 g/mol. The van der Waals surface area contributed by atoms with Crippen LogP contribution in [0.4, 0.5) is 12.9 Å². The summed E-state index contributed by atoms with van der Waals surface area (Å²) in [5.41, 5.74) is 0. The third-order valence-electron chi connectivity index (χ3n) is 4.05. The standard InChI is InChI=1S/C8H14O2.C5H8O.C4H10O.C3H6O.CH4.BF3/c1-2-6-10-8-5-3-4-7(8)9;1-2-4-5(3-1)6-4;1-3-5-4-2;1-2-3-4;;2-1(3)4/h2,7-9H,1,3-6H2;4-5H,1-3H2;3-4H2,1-2H3;2,4H,1,3H2;1H4;/t7-,8-;;;;;/m1...../s1. The van der Waals surface area contributed by atoms with Crippen molar-refractivity contribution >= 4 is 7.54 Å². The molecule has 180 valence electrons. The Balaban J connectivity index is -0.000000319. The third kappa shape index (κ3) is 23.4. The smallest absolute Gasteiger partial charge is 0.392 e. The highest BCUT2D eigenvalue weighted by molar-refractivity contribution is 6.33. The highest BCUT2D eigenvalue weighted by Crippen LogP contribution is 2.37. The van der Waals surface area contributed by atoms with Crippen LogP contribution in [0.5, 0.6) is 0 Å². The molecule has 0 aromatic heterocycles. The number of fused-ring (bicyclic) bond motifs is 1. The lowest BCUT2D eigenvalue weighted by molar-refractivity contribution is -0.00618. The zero-order valence-corrected chi connectivity index (χ0v) is 17.8. The monoisotopic (exact) mass is 442 g/mol. The van der Waals surface area contributed by atoms with Crippen LogP contribution in [0.1, 0.15) is 59.8 Å². The van der Waals surface area contributed by atoms with Gasteiger partial charge < -0.3 is 24.4 Å². The van der Waals surface area contributed by atoms with Crippen molar-refractivity contribution in [3.63, 3.8) is 0 Å². The summed E-state index contributed by atoms with van der Waals surface area (Å²) in [4.78, 5) is 0. The molecule has 3 aliphatic rings. The van der Waals surface area contributed by atoms with Gasteiger partial charge in [0.15, 0.2) is 0 Å². The molecule has 9 heteroatoms. The van der Waals surface area contributed by atoms with Crippen LogP contribution in [0.15, 0.2) is 25.3 Å². The summed E-state index contributed by atoms with van der Waals surface area (Å²) in [6, 6.07) is 0. The van der Waals surface area contributed by atoms with Gasteiger partial charge in [-0.3, -0.25) is 12.9 Å². The third-order valence-corrected chi connectivity index (χ3v) is 4.05. The first-order valence-electron chi connectivity index (χ1n) is 10.1. The summed E-state index contributed by atoms with van der Waals surface area (Å²) >= 11 is 0. The number of aliphatic hydroxyl groups is 2. The lowest BCUT2D eigenvalue weighted by atomic mass is 10.3. The second-order valence-corrected chi connectivity index (χ2v) is 6.30. The highest BCUT2D eigenvalue weighted by atomic mass is 19.4. The van der Waals surface area contributed by atoms with Crippen molar-refractivity contribution in [2.45, 2.75) is 84.2 Å². The van der Waals surface area contributed by atoms with Gasteiger partial charge >= 0.3 is 7.54 Å². The molecule has 4 atom stereocenters. The number of hydrogen-bond donors (Lipinski definition) is 2. The maximum atomic E-state index is 9.67. The van der Waals surface area contributed by atoms with E-state index >= 15 is 0 Å². The number of epoxide rings is 1. The van der Waals surface area contributed by atoms with Crippen molar-refractivity contribution in [3.05, 3.63) is 25.3 Å². The van der Waals surface area contributed by atoms with Gasteiger partial charge in [-0.15, -0.1) is 13.2 Å². The SMILES string of the molecule is C.C1CC2OC2C1.C=CCO.C=CCO[C@@H]1CCC[C@H]1O.CCOCC.FB(F)F. The Kier molecular flexibility index (Phi) is 27.5. The summed E-state index contributed by atoms with van der Waals surface area (Å²) in [5.74, 6) is 0. The fraction of sp³-hybridized carbons (Fsp3) is 0.810. The second-order valence-electron chi connectivity index (χ2n) is 6.30. The van der Waals surface area contributed by atoms with Gasteiger partial charge in [0.25, 0.3) is 0 Å². The van der Waals surface area contributed by atoms with Gasteiger partial charge in [0.2, 0.25) is 0 Å². The largest absolute Gasteiger partial charge is 0.762 e. The number of hydrogen-bond acceptors (Lipinski definition) is 5. The summed E-state index contributed by atoms with van der Waals surface area (Å²) in [6.45, 7) is 13.1. The average molecular weight is 442 g/mol. The molecule has 1 aliphatic heterocycles. The van der Waals surface area contributed by atoms with Crippen molar-refractivity contribution in [2.24, 2.45) is 0 Å². The van der Waals surface area contributed by atoms with Gasteiger partial charge in [0.1, 0.15) is 0 Å². The molecule has 2 saturated carbocycles. The van der Waals surface area contributed by atoms with Crippen LogP contribution in [-0.4, -0.2) is 68.6 Å². The Labute approximate surface area is 181 Å². The van der Waals surface area contributed by atoms with E-state index in [1.54, 1.807) is 6.08 Å². The van der Waals surface area contributed by atoms with Crippen molar-refractivity contribution < 1.29 is 37.4 Å². The lowest BCUT2D eigenvalue weighted by Crippen LogP contribution is -2.22. The first-order valence-corrected chi connectivity index (χ1v) is 10.1. The van der Waals surface area contributed by atoms with Crippen LogP contribution in [-0.2, 0) is 14.2 Å². The zero-order valence-electron chi connectivity index (χ0n) is 17.8. The van der Waals surface area contributed by atoms with E-state index in [0.717, 1.165) is 32.5 Å². The predicted octanol–water partition coefficient (Wildman–Crippen LogP) is 4.76. The van der Waals surface area contributed by atoms with Gasteiger partial charge in [-0.1, -0.05) is 19.6 Å². The summed E-state index contributed by atoms with van der Waals surface area (Å²) in [6.07, 6.45) is 11.5. The van der Waals surface area contributed by atoms with E-state index < -0.39 is 7.54 Å². The number of rotatable bonds is 6. The number of ether oxygens (including phenoxy) is 3. The van der Waals surface area contributed by atoms with Crippen molar-refractivity contribution in [1.29, 1.82) is 0 Å². The summed E-state index contributed by atoms with van der Waals surface area (Å²) in [7, 11) is -3.67. The van der Waals surface area contributed by atoms with Crippen LogP contribution >= 0.6 is 0 Å². The lowest BCUT2D eigenvalue weighted by Gasteiger charge is -2.13. The fourth-order valence-corrected chi connectivity index (χ4v) is 2.70. The van der Waals surface area contributed by atoms with E-state index in [4.69, 9.17) is 19.3 Å². The van der Waals surface area contributed by atoms with Gasteiger partial charge in [0, 0.05) is 13.2 Å². The van der Waals surface area contributed by atoms with E-state index in [-0.39, 0.29) is 26.2 Å². The minimum Gasteiger partial charge on any atom is -0.392 e. The van der Waals surface area contributed by atoms with E-state index in [1.165, 1.54) is 25.3 Å². The Morgan fingerprint density at radius 1 is 1.00 bits per heavy atom. The van der Waals surface area contributed by atoms with Gasteiger partial charge in [0.05, 0.1) is 37.6 Å². The molecule has 2 aliphatic carbocycles. The van der Waals surface area contributed by atoms with E-state index in [9.17, 15) is 18.1 Å². The van der Waals surface area contributed by atoms with E-state index in [0.29, 0.717) is 18.8 Å². The van der Waals surface area contributed by atoms with Gasteiger partial charge in [-0.05, 0) is 52.4 Å². The van der Waals surface area contributed by atoms with E-state index in [2.05, 4.69) is 13.2 Å². The first kappa shape index (κ1) is 33.8. The highest BCUT2D eigenvalue weighted by Gasteiger charge is 2.42. The maximum Gasteiger partial charge on any atom is 0.762 e. The normalized spacial score (nSPS) is 24.4. The Morgan fingerprint density at radius 2 is 1.47 bits per heavy atom. The molecule has 1 heterocycles. The molecule has 2 unspecified atom stereocenters. The number of halogens is 3. The molecule has 2 N–H and O–H groups in total. The van der Waals surface area contributed by atoms with Crippen LogP contribution in [0, 0.1) is 0 Å². The summed E-state index contributed by atoms with van der Waals surface area (Å²) in [5, 5.41) is 17.0. The molecule has 30 heavy (non-hydrogen) atoms.